The Balaban J connectivity index is 1.72. The van der Waals surface area contributed by atoms with E-state index >= 15 is 0 Å². The molecule has 6 heteroatoms. The number of nitrogens with zero attached hydrogens (tertiary/aromatic N) is 2. The molecule has 6 nitrogen and oxygen atoms in total. The maximum absolute atomic E-state index is 12.3. The van der Waals surface area contributed by atoms with Gasteiger partial charge in [0.05, 0.1) is 6.61 Å². The monoisotopic (exact) mass is 350 g/mol. The van der Waals surface area contributed by atoms with Gasteiger partial charge in [0.1, 0.15) is 11.4 Å². The van der Waals surface area contributed by atoms with Crippen LogP contribution in [0.3, 0.4) is 0 Å². The zero-order chi connectivity index (χ0) is 18.5. The summed E-state index contributed by atoms with van der Waals surface area (Å²) in [5.74, 6) is 1.14. The fourth-order valence-electron chi connectivity index (χ4n) is 2.55. The molecular formula is C20H22N4O2. The van der Waals surface area contributed by atoms with E-state index in [1.807, 2.05) is 56.3 Å². The van der Waals surface area contributed by atoms with Crippen LogP contribution < -0.4 is 15.6 Å². The number of aromatic amines is 1. The van der Waals surface area contributed by atoms with Crippen LogP contribution in [0.5, 0.6) is 5.75 Å². The SMILES string of the molecule is CCOc1ccc(Cc2nnc(Nc3ccc(C)c(C)c3)[nH]c2=O)cc1. The maximum atomic E-state index is 12.3. The molecule has 0 radical (unpaired) electrons. The van der Waals surface area contributed by atoms with Crippen LogP contribution in [0.25, 0.3) is 0 Å². The third-order valence-electron chi connectivity index (χ3n) is 4.14. The molecule has 2 N–H and O–H groups in total. The smallest absolute Gasteiger partial charge is 0.274 e. The van der Waals surface area contributed by atoms with E-state index in [0.29, 0.717) is 24.7 Å². The summed E-state index contributed by atoms with van der Waals surface area (Å²) in [6, 6.07) is 13.6. The fraction of sp³-hybridized carbons (Fsp3) is 0.250. The molecule has 0 fully saturated rings. The first kappa shape index (κ1) is 17.7. The van der Waals surface area contributed by atoms with Gasteiger partial charge in [-0.25, -0.2) is 0 Å². The normalized spacial score (nSPS) is 10.6. The Labute approximate surface area is 152 Å². The van der Waals surface area contributed by atoms with E-state index in [0.717, 1.165) is 22.6 Å². The lowest BCUT2D eigenvalue weighted by molar-refractivity contribution is 0.340. The quantitative estimate of drug-likeness (QED) is 0.711. The van der Waals surface area contributed by atoms with E-state index < -0.39 is 0 Å². The molecular weight excluding hydrogens is 328 g/mol. The second kappa shape index (κ2) is 7.82. The summed E-state index contributed by atoms with van der Waals surface area (Å²) < 4.78 is 5.42. The van der Waals surface area contributed by atoms with Gasteiger partial charge in [-0.15, -0.1) is 10.2 Å². The first-order chi connectivity index (χ1) is 12.5. The van der Waals surface area contributed by atoms with E-state index in [9.17, 15) is 4.79 Å². The molecule has 0 aliphatic carbocycles. The maximum Gasteiger partial charge on any atom is 0.274 e. The number of benzene rings is 2. The molecule has 3 aromatic rings. The molecule has 0 saturated heterocycles. The van der Waals surface area contributed by atoms with Crippen molar-refractivity contribution in [2.75, 3.05) is 11.9 Å². The van der Waals surface area contributed by atoms with Crippen molar-refractivity contribution in [3.8, 4) is 5.75 Å². The highest BCUT2D eigenvalue weighted by molar-refractivity contribution is 5.55. The number of aromatic nitrogens is 3. The predicted molar refractivity (Wildman–Crippen MR) is 102 cm³/mol. The Hall–Kier alpha value is -3.15. The van der Waals surface area contributed by atoms with Gasteiger partial charge in [-0.2, -0.15) is 0 Å². The molecule has 0 unspecified atom stereocenters. The number of hydrogen-bond acceptors (Lipinski definition) is 5. The summed E-state index contributed by atoms with van der Waals surface area (Å²) in [5, 5.41) is 11.2. The first-order valence-corrected chi connectivity index (χ1v) is 8.57. The lowest BCUT2D eigenvalue weighted by Crippen LogP contribution is -2.18. The zero-order valence-electron chi connectivity index (χ0n) is 15.2. The van der Waals surface area contributed by atoms with Gasteiger partial charge in [0.25, 0.3) is 5.56 Å². The number of ether oxygens (including phenoxy) is 1. The van der Waals surface area contributed by atoms with Crippen LogP contribution in [-0.4, -0.2) is 21.8 Å². The minimum atomic E-state index is -0.250. The Morgan fingerprint density at radius 2 is 1.81 bits per heavy atom. The first-order valence-electron chi connectivity index (χ1n) is 8.57. The van der Waals surface area contributed by atoms with E-state index in [-0.39, 0.29) is 5.56 Å². The van der Waals surface area contributed by atoms with Crippen molar-refractivity contribution in [3.05, 3.63) is 75.2 Å². The predicted octanol–water partition coefficient (Wildman–Crippen LogP) is 3.51. The summed E-state index contributed by atoms with van der Waals surface area (Å²) in [6.07, 6.45) is 0.415. The highest BCUT2D eigenvalue weighted by atomic mass is 16.5. The summed E-state index contributed by atoms with van der Waals surface area (Å²) in [6.45, 7) is 6.65. The molecule has 2 aromatic carbocycles. The number of anilines is 2. The van der Waals surface area contributed by atoms with E-state index in [2.05, 4.69) is 27.4 Å². The summed E-state index contributed by atoms with van der Waals surface area (Å²) >= 11 is 0. The van der Waals surface area contributed by atoms with Crippen LogP contribution in [0.15, 0.2) is 47.3 Å². The van der Waals surface area contributed by atoms with Crippen molar-refractivity contribution >= 4 is 11.6 Å². The molecule has 0 saturated carbocycles. The third kappa shape index (κ3) is 4.27. The standard InChI is InChI=1S/C20H22N4O2/c1-4-26-17-9-6-15(7-10-17)12-18-19(25)22-20(24-23-18)21-16-8-5-13(2)14(3)11-16/h5-11H,4,12H2,1-3H3,(H2,21,22,24,25). The molecule has 0 atom stereocenters. The van der Waals surface area contributed by atoms with Gasteiger partial charge in [0, 0.05) is 12.1 Å². The zero-order valence-corrected chi connectivity index (χ0v) is 15.2. The van der Waals surface area contributed by atoms with Gasteiger partial charge in [0.15, 0.2) is 0 Å². The molecule has 0 bridgehead atoms. The largest absolute Gasteiger partial charge is 0.494 e. The second-order valence-electron chi connectivity index (χ2n) is 6.13. The van der Waals surface area contributed by atoms with Crippen LogP contribution >= 0.6 is 0 Å². The average Bonchev–Trinajstić information content (AvgIpc) is 2.62. The summed E-state index contributed by atoms with van der Waals surface area (Å²) in [5.41, 5.74) is 4.33. The van der Waals surface area contributed by atoms with Gasteiger partial charge < -0.3 is 10.1 Å². The summed E-state index contributed by atoms with van der Waals surface area (Å²) in [4.78, 5) is 15.0. The second-order valence-corrected chi connectivity index (χ2v) is 6.13. The molecule has 0 aliphatic heterocycles. The Kier molecular flexibility index (Phi) is 5.31. The lowest BCUT2D eigenvalue weighted by atomic mass is 10.1. The number of H-pyrrole nitrogens is 1. The molecule has 1 heterocycles. The molecule has 0 amide bonds. The lowest BCUT2D eigenvalue weighted by Gasteiger charge is -2.08. The van der Waals surface area contributed by atoms with Crippen molar-refractivity contribution in [3.63, 3.8) is 0 Å². The highest BCUT2D eigenvalue weighted by Crippen LogP contribution is 2.17. The van der Waals surface area contributed by atoms with Gasteiger partial charge in [-0.3, -0.25) is 9.78 Å². The van der Waals surface area contributed by atoms with Crippen molar-refractivity contribution in [1.29, 1.82) is 0 Å². The van der Waals surface area contributed by atoms with E-state index in [4.69, 9.17) is 4.74 Å². The number of nitrogens with one attached hydrogen (secondary N) is 2. The van der Waals surface area contributed by atoms with Crippen molar-refractivity contribution in [2.24, 2.45) is 0 Å². The van der Waals surface area contributed by atoms with Gasteiger partial charge in [-0.1, -0.05) is 18.2 Å². The Morgan fingerprint density at radius 1 is 1.04 bits per heavy atom. The average molecular weight is 350 g/mol. The van der Waals surface area contributed by atoms with Gasteiger partial charge in [0.2, 0.25) is 5.95 Å². The van der Waals surface area contributed by atoms with Crippen LogP contribution in [0.2, 0.25) is 0 Å². The molecule has 3 rings (SSSR count). The van der Waals surface area contributed by atoms with Crippen LogP contribution in [0.1, 0.15) is 29.3 Å². The number of hydrogen-bond donors (Lipinski definition) is 2. The van der Waals surface area contributed by atoms with Gasteiger partial charge >= 0.3 is 0 Å². The minimum Gasteiger partial charge on any atom is -0.494 e. The fourth-order valence-corrected chi connectivity index (χ4v) is 2.55. The van der Waals surface area contributed by atoms with Crippen LogP contribution in [0, 0.1) is 13.8 Å². The molecule has 0 aliphatic rings. The topological polar surface area (TPSA) is 79.9 Å². The number of rotatable bonds is 6. The van der Waals surface area contributed by atoms with Crippen molar-refractivity contribution < 1.29 is 4.74 Å². The van der Waals surface area contributed by atoms with Crippen molar-refractivity contribution in [2.45, 2.75) is 27.2 Å². The number of aryl methyl sites for hydroxylation is 2. The van der Waals surface area contributed by atoms with Gasteiger partial charge in [-0.05, 0) is 61.7 Å². The molecule has 0 spiro atoms. The Morgan fingerprint density at radius 3 is 2.46 bits per heavy atom. The molecule has 134 valence electrons. The molecule has 26 heavy (non-hydrogen) atoms. The van der Waals surface area contributed by atoms with Crippen LogP contribution in [0.4, 0.5) is 11.6 Å². The van der Waals surface area contributed by atoms with E-state index in [1.165, 1.54) is 5.56 Å². The third-order valence-corrected chi connectivity index (χ3v) is 4.14. The Bertz CT molecular complexity index is 949. The minimum absolute atomic E-state index is 0.250. The molecule has 1 aromatic heterocycles. The van der Waals surface area contributed by atoms with Crippen molar-refractivity contribution in [1.82, 2.24) is 15.2 Å². The summed E-state index contributed by atoms with van der Waals surface area (Å²) in [7, 11) is 0. The van der Waals surface area contributed by atoms with E-state index in [1.54, 1.807) is 0 Å². The highest BCUT2D eigenvalue weighted by Gasteiger charge is 2.07. The van der Waals surface area contributed by atoms with Crippen LogP contribution in [-0.2, 0) is 6.42 Å².